The van der Waals surface area contributed by atoms with Crippen LogP contribution in [-0.4, -0.2) is 43.2 Å². The Morgan fingerprint density at radius 2 is 2.00 bits per heavy atom. The number of nitrogens with zero attached hydrogens (tertiary/aromatic N) is 1. The minimum atomic E-state index is -0.319. The van der Waals surface area contributed by atoms with E-state index in [4.69, 9.17) is 16.3 Å². The van der Waals surface area contributed by atoms with Crippen molar-refractivity contribution in [1.29, 1.82) is 0 Å². The molecular formula is C17H24Cl2N2O2. The van der Waals surface area contributed by atoms with E-state index in [1.807, 2.05) is 6.07 Å². The zero-order chi connectivity index (χ0) is 15.7. The largest absolute Gasteiger partial charge is 0.465 e. The number of halogens is 2. The van der Waals surface area contributed by atoms with Gasteiger partial charge in [-0.1, -0.05) is 11.6 Å². The average molecular weight is 359 g/mol. The standard InChI is InChI=1S/C17H23ClN2O2.ClH/c1-20(15-8-13-4-5-14(9-15)19-13)10-12-7-11(17(21)22-2)3-6-16(12)18;/h3,6-7,13-15,19H,4-5,8-10H2,1-2H3;1H. The molecule has 23 heavy (non-hydrogen) atoms. The van der Waals surface area contributed by atoms with Gasteiger partial charge < -0.3 is 10.1 Å². The number of methoxy groups -OCH3 is 1. The minimum absolute atomic E-state index is 0. The van der Waals surface area contributed by atoms with Crippen LogP contribution in [0.15, 0.2) is 18.2 Å². The summed E-state index contributed by atoms with van der Waals surface area (Å²) in [6.07, 6.45) is 4.99. The van der Waals surface area contributed by atoms with Crippen LogP contribution in [0, 0.1) is 0 Å². The molecule has 3 rings (SSSR count). The Morgan fingerprint density at radius 3 is 2.61 bits per heavy atom. The topological polar surface area (TPSA) is 41.6 Å². The van der Waals surface area contributed by atoms with Crippen LogP contribution in [0.25, 0.3) is 0 Å². The third-order valence-corrected chi connectivity index (χ3v) is 5.33. The molecule has 0 saturated carbocycles. The van der Waals surface area contributed by atoms with E-state index in [0.29, 0.717) is 28.7 Å². The molecule has 2 unspecified atom stereocenters. The highest BCUT2D eigenvalue weighted by molar-refractivity contribution is 6.31. The molecule has 2 bridgehead atoms. The summed E-state index contributed by atoms with van der Waals surface area (Å²) in [5.41, 5.74) is 1.54. The van der Waals surface area contributed by atoms with E-state index >= 15 is 0 Å². The maximum atomic E-state index is 11.7. The summed E-state index contributed by atoms with van der Waals surface area (Å²) < 4.78 is 4.78. The number of ether oxygens (including phenoxy) is 1. The third-order valence-electron chi connectivity index (χ3n) is 4.96. The van der Waals surface area contributed by atoms with E-state index in [0.717, 1.165) is 12.1 Å². The smallest absolute Gasteiger partial charge is 0.337 e. The monoisotopic (exact) mass is 358 g/mol. The summed E-state index contributed by atoms with van der Waals surface area (Å²) in [6, 6.07) is 7.26. The summed E-state index contributed by atoms with van der Waals surface area (Å²) >= 11 is 6.31. The lowest BCUT2D eigenvalue weighted by molar-refractivity contribution is 0.0600. The van der Waals surface area contributed by atoms with Crippen LogP contribution in [-0.2, 0) is 11.3 Å². The first kappa shape index (κ1) is 18.5. The highest BCUT2D eigenvalue weighted by Crippen LogP contribution is 2.30. The number of rotatable bonds is 4. The first-order valence-corrected chi connectivity index (χ1v) is 8.27. The van der Waals surface area contributed by atoms with Crippen LogP contribution in [0.1, 0.15) is 41.6 Å². The second-order valence-electron chi connectivity index (χ2n) is 6.48. The van der Waals surface area contributed by atoms with Crippen molar-refractivity contribution in [3.8, 4) is 0 Å². The zero-order valence-electron chi connectivity index (χ0n) is 13.5. The molecule has 2 atom stereocenters. The number of esters is 1. The fraction of sp³-hybridized carbons (Fsp3) is 0.588. The quantitative estimate of drug-likeness (QED) is 0.838. The molecule has 1 N–H and O–H groups in total. The lowest BCUT2D eigenvalue weighted by atomic mass is 9.98. The number of hydrogen-bond donors (Lipinski definition) is 1. The van der Waals surface area contributed by atoms with E-state index in [-0.39, 0.29) is 18.4 Å². The zero-order valence-corrected chi connectivity index (χ0v) is 15.1. The Hall–Kier alpha value is -0.810. The predicted molar refractivity (Wildman–Crippen MR) is 94.5 cm³/mol. The van der Waals surface area contributed by atoms with Crippen molar-refractivity contribution in [1.82, 2.24) is 10.2 Å². The number of nitrogens with one attached hydrogen (secondary N) is 1. The van der Waals surface area contributed by atoms with Crippen LogP contribution in [0.2, 0.25) is 5.02 Å². The molecule has 0 amide bonds. The van der Waals surface area contributed by atoms with Gasteiger partial charge in [-0.05, 0) is 56.5 Å². The molecule has 1 aromatic rings. The first-order chi connectivity index (χ1) is 10.6. The lowest BCUT2D eigenvalue weighted by Gasteiger charge is -2.35. The van der Waals surface area contributed by atoms with Crippen LogP contribution >= 0.6 is 24.0 Å². The van der Waals surface area contributed by atoms with Crippen molar-refractivity contribution in [2.45, 2.75) is 50.4 Å². The van der Waals surface area contributed by atoms with Crippen molar-refractivity contribution in [2.24, 2.45) is 0 Å². The van der Waals surface area contributed by atoms with E-state index in [1.165, 1.54) is 32.8 Å². The molecule has 2 heterocycles. The van der Waals surface area contributed by atoms with Crippen molar-refractivity contribution < 1.29 is 9.53 Å². The van der Waals surface area contributed by atoms with Gasteiger partial charge in [-0.15, -0.1) is 12.4 Å². The predicted octanol–water partition coefficient (Wildman–Crippen LogP) is 3.26. The molecule has 4 nitrogen and oxygen atoms in total. The average Bonchev–Trinajstić information content (AvgIpc) is 2.86. The van der Waals surface area contributed by atoms with Gasteiger partial charge in [-0.25, -0.2) is 4.79 Å². The number of carbonyl (C=O) groups is 1. The number of hydrogen-bond acceptors (Lipinski definition) is 4. The van der Waals surface area contributed by atoms with Crippen LogP contribution in [0.5, 0.6) is 0 Å². The van der Waals surface area contributed by atoms with Crippen LogP contribution in [0.3, 0.4) is 0 Å². The number of benzene rings is 1. The Kier molecular flexibility index (Phi) is 6.32. The summed E-state index contributed by atoms with van der Waals surface area (Å²) in [4.78, 5) is 14.0. The Balaban J connectivity index is 0.00000192. The maximum Gasteiger partial charge on any atom is 0.337 e. The van der Waals surface area contributed by atoms with Gasteiger partial charge in [0.1, 0.15) is 0 Å². The molecule has 2 aliphatic rings. The number of fused-ring (bicyclic) bond motifs is 2. The van der Waals surface area contributed by atoms with E-state index in [1.54, 1.807) is 12.1 Å². The van der Waals surface area contributed by atoms with Crippen molar-refractivity contribution in [2.75, 3.05) is 14.2 Å². The summed E-state index contributed by atoms with van der Waals surface area (Å²) in [5.74, 6) is -0.319. The molecule has 0 radical (unpaired) electrons. The molecule has 0 spiro atoms. The number of carbonyl (C=O) groups excluding carboxylic acids is 1. The summed E-state index contributed by atoms with van der Waals surface area (Å²) in [5, 5.41) is 4.37. The SMILES string of the molecule is COC(=O)c1ccc(Cl)c(CN(C)C2CC3CCC(C2)N3)c1.Cl. The van der Waals surface area contributed by atoms with Gasteiger partial charge in [0.15, 0.2) is 0 Å². The van der Waals surface area contributed by atoms with Crippen molar-refractivity contribution >= 4 is 30.0 Å². The Morgan fingerprint density at radius 1 is 1.35 bits per heavy atom. The second-order valence-corrected chi connectivity index (χ2v) is 6.88. The van der Waals surface area contributed by atoms with Gasteiger partial charge in [0.2, 0.25) is 0 Å². The molecule has 2 aliphatic heterocycles. The van der Waals surface area contributed by atoms with Crippen LogP contribution in [0.4, 0.5) is 0 Å². The van der Waals surface area contributed by atoms with E-state index in [9.17, 15) is 4.79 Å². The van der Waals surface area contributed by atoms with Gasteiger partial charge in [-0.2, -0.15) is 0 Å². The summed E-state index contributed by atoms with van der Waals surface area (Å²) in [6.45, 7) is 0.758. The highest BCUT2D eigenvalue weighted by Gasteiger charge is 2.35. The molecule has 1 aromatic carbocycles. The van der Waals surface area contributed by atoms with Gasteiger partial charge in [0.05, 0.1) is 12.7 Å². The molecule has 0 aliphatic carbocycles. The molecule has 0 aromatic heterocycles. The first-order valence-electron chi connectivity index (χ1n) is 7.90. The summed E-state index contributed by atoms with van der Waals surface area (Å²) in [7, 11) is 3.55. The molecule has 128 valence electrons. The highest BCUT2D eigenvalue weighted by atomic mass is 35.5. The van der Waals surface area contributed by atoms with Crippen molar-refractivity contribution in [3.05, 3.63) is 34.3 Å². The Labute approximate surface area is 148 Å². The molecule has 6 heteroatoms. The van der Waals surface area contributed by atoms with E-state index < -0.39 is 0 Å². The lowest BCUT2D eigenvalue weighted by Crippen LogP contribution is -2.46. The Bertz CT molecular complexity index is 556. The van der Waals surface area contributed by atoms with Gasteiger partial charge in [0.25, 0.3) is 0 Å². The number of piperidine rings is 1. The molecular weight excluding hydrogens is 335 g/mol. The van der Waals surface area contributed by atoms with Gasteiger partial charge >= 0.3 is 5.97 Å². The fourth-order valence-corrected chi connectivity index (χ4v) is 3.90. The molecule has 2 fully saturated rings. The maximum absolute atomic E-state index is 11.7. The van der Waals surface area contributed by atoms with Gasteiger partial charge in [-0.3, -0.25) is 4.90 Å². The molecule has 2 saturated heterocycles. The van der Waals surface area contributed by atoms with Crippen molar-refractivity contribution in [3.63, 3.8) is 0 Å². The second kappa shape index (κ2) is 7.84. The van der Waals surface area contributed by atoms with Gasteiger partial charge in [0, 0.05) is 29.7 Å². The third kappa shape index (κ3) is 4.18. The fourth-order valence-electron chi connectivity index (χ4n) is 3.73. The normalized spacial score (nSPS) is 26.0. The van der Waals surface area contributed by atoms with E-state index in [2.05, 4.69) is 17.3 Å². The minimum Gasteiger partial charge on any atom is -0.465 e. The van der Waals surface area contributed by atoms with Crippen LogP contribution < -0.4 is 5.32 Å².